The highest BCUT2D eigenvalue weighted by Crippen LogP contribution is 2.34. The zero-order valence-electron chi connectivity index (χ0n) is 15.3. The molecule has 1 aliphatic heterocycles. The molecule has 2 N–H and O–H groups in total. The maximum Gasteiger partial charge on any atom is 0.257 e. The van der Waals surface area contributed by atoms with Gasteiger partial charge in [0.25, 0.3) is 5.91 Å². The molecule has 1 heterocycles. The van der Waals surface area contributed by atoms with E-state index in [0.717, 1.165) is 11.3 Å². The van der Waals surface area contributed by atoms with Gasteiger partial charge in [-0.3, -0.25) is 4.79 Å². The topological polar surface area (TPSA) is 74.0 Å². The van der Waals surface area contributed by atoms with Crippen LogP contribution in [0.3, 0.4) is 0 Å². The van der Waals surface area contributed by atoms with Gasteiger partial charge in [-0.2, -0.15) is 0 Å². The van der Waals surface area contributed by atoms with Crippen LogP contribution in [0.4, 0.5) is 0 Å². The van der Waals surface area contributed by atoms with E-state index in [1.54, 1.807) is 37.3 Å². The van der Waals surface area contributed by atoms with Crippen LogP contribution in [-0.2, 0) is 0 Å². The molecule has 0 saturated carbocycles. The molecule has 138 valence electrons. The van der Waals surface area contributed by atoms with E-state index >= 15 is 0 Å². The number of rotatable bonds is 5. The van der Waals surface area contributed by atoms with Crippen LogP contribution in [0.15, 0.2) is 42.5 Å². The molecule has 26 heavy (non-hydrogen) atoms. The van der Waals surface area contributed by atoms with Crippen LogP contribution >= 0.6 is 0 Å². The molecule has 2 atom stereocenters. The fourth-order valence-corrected chi connectivity index (χ4v) is 3.42. The van der Waals surface area contributed by atoms with Crippen molar-refractivity contribution >= 4 is 5.91 Å². The van der Waals surface area contributed by atoms with Gasteiger partial charge in [-0.05, 0) is 29.8 Å². The Morgan fingerprint density at radius 2 is 1.73 bits per heavy atom. The first-order valence-corrected chi connectivity index (χ1v) is 8.48. The van der Waals surface area contributed by atoms with E-state index in [9.17, 15) is 4.79 Å². The quantitative estimate of drug-likeness (QED) is 0.890. The minimum atomic E-state index is -0.121. The van der Waals surface area contributed by atoms with E-state index in [1.165, 1.54) is 7.11 Å². The molecule has 2 aromatic rings. The summed E-state index contributed by atoms with van der Waals surface area (Å²) in [5.74, 6) is 1.76. The van der Waals surface area contributed by atoms with Gasteiger partial charge in [0.15, 0.2) is 11.5 Å². The summed E-state index contributed by atoms with van der Waals surface area (Å²) in [5.41, 5.74) is 7.92. The second-order valence-electron chi connectivity index (χ2n) is 6.29. The Morgan fingerprint density at radius 3 is 2.35 bits per heavy atom. The maximum atomic E-state index is 13.0. The molecule has 0 aromatic heterocycles. The van der Waals surface area contributed by atoms with Crippen molar-refractivity contribution in [2.75, 3.05) is 34.4 Å². The lowest BCUT2D eigenvalue weighted by atomic mass is 9.95. The van der Waals surface area contributed by atoms with E-state index in [2.05, 4.69) is 0 Å². The van der Waals surface area contributed by atoms with Crippen molar-refractivity contribution in [3.05, 3.63) is 53.6 Å². The van der Waals surface area contributed by atoms with E-state index in [0.29, 0.717) is 30.2 Å². The normalized spacial score (nSPS) is 19.3. The zero-order chi connectivity index (χ0) is 18.7. The first kappa shape index (κ1) is 18.1. The Bertz CT molecular complexity index is 776. The molecule has 0 radical (unpaired) electrons. The molecular formula is C20H24N2O4. The summed E-state index contributed by atoms with van der Waals surface area (Å²) < 4.78 is 15.9. The largest absolute Gasteiger partial charge is 0.497 e. The highest BCUT2D eigenvalue weighted by molar-refractivity contribution is 5.98. The van der Waals surface area contributed by atoms with Crippen molar-refractivity contribution in [1.29, 1.82) is 0 Å². The number of nitrogens with two attached hydrogens (primary N) is 1. The lowest BCUT2D eigenvalue weighted by Crippen LogP contribution is -2.32. The van der Waals surface area contributed by atoms with Gasteiger partial charge in [0.1, 0.15) is 5.75 Å². The van der Waals surface area contributed by atoms with Crippen molar-refractivity contribution in [2.24, 2.45) is 5.73 Å². The molecule has 1 saturated heterocycles. The molecule has 1 amide bonds. The predicted molar refractivity (Wildman–Crippen MR) is 99.2 cm³/mol. The summed E-state index contributed by atoms with van der Waals surface area (Å²) >= 11 is 0. The number of benzene rings is 2. The summed E-state index contributed by atoms with van der Waals surface area (Å²) in [5, 5.41) is 0. The second kappa shape index (κ2) is 7.66. The number of hydrogen-bond donors (Lipinski definition) is 1. The Balaban J connectivity index is 1.82. The van der Waals surface area contributed by atoms with Crippen molar-refractivity contribution in [3.63, 3.8) is 0 Å². The first-order chi connectivity index (χ1) is 12.6. The number of likely N-dealkylation sites (tertiary alicyclic amines) is 1. The van der Waals surface area contributed by atoms with E-state index < -0.39 is 0 Å². The summed E-state index contributed by atoms with van der Waals surface area (Å²) in [4.78, 5) is 14.8. The van der Waals surface area contributed by atoms with Crippen molar-refractivity contribution in [2.45, 2.75) is 12.0 Å². The Morgan fingerprint density at radius 1 is 1.00 bits per heavy atom. The van der Waals surface area contributed by atoms with E-state index in [4.69, 9.17) is 19.9 Å². The van der Waals surface area contributed by atoms with Crippen LogP contribution in [0, 0.1) is 0 Å². The molecule has 0 bridgehead atoms. The van der Waals surface area contributed by atoms with Gasteiger partial charge in [0.2, 0.25) is 0 Å². The van der Waals surface area contributed by atoms with E-state index in [-0.39, 0.29) is 17.9 Å². The molecule has 3 rings (SSSR count). The van der Waals surface area contributed by atoms with Crippen molar-refractivity contribution in [3.8, 4) is 17.2 Å². The van der Waals surface area contributed by atoms with E-state index in [1.807, 2.05) is 24.3 Å². The number of carbonyl (C=O) groups excluding carboxylic acids is 1. The maximum absolute atomic E-state index is 13.0. The van der Waals surface area contributed by atoms with Gasteiger partial charge < -0.3 is 24.8 Å². The molecule has 1 aliphatic rings. The summed E-state index contributed by atoms with van der Waals surface area (Å²) in [6.45, 7) is 1.06. The number of ether oxygens (including phenoxy) is 3. The lowest BCUT2D eigenvalue weighted by Gasteiger charge is -2.19. The van der Waals surface area contributed by atoms with Gasteiger partial charge in [0.05, 0.1) is 26.9 Å². The van der Waals surface area contributed by atoms with Crippen LogP contribution in [0.1, 0.15) is 21.8 Å². The van der Waals surface area contributed by atoms with Crippen LogP contribution in [0.5, 0.6) is 17.2 Å². The van der Waals surface area contributed by atoms with Crippen LogP contribution in [0.2, 0.25) is 0 Å². The molecule has 0 aliphatic carbocycles. The minimum absolute atomic E-state index is 0.0847. The SMILES string of the molecule is COc1ccc([C@H]2CN(C(=O)c3cccc(OC)c3OC)C[C@@H]2N)cc1. The van der Waals surface area contributed by atoms with Gasteiger partial charge in [0, 0.05) is 25.0 Å². The standard InChI is InChI=1S/C20H24N2O4/c1-24-14-9-7-13(8-10-14)16-11-22(12-17(16)21)20(23)15-5-4-6-18(25-2)19(15)26-3/h4-10,16-17H,11-12,21H2,1-3H3/t16-,17+/m1/s1. The molecule has 6 heteroatoms. The Labute approximate surface area is 153 Å². The predicted octanol–water partition coefficient (Wildman–Crippen LogP) is 2.28. The third-order valence-corrected chi connectivity index (χ3v) is 4.83. The number of hydrogen-bond acceptors (Lipinski definition) is 5. The average molecular weight is 356 g/mol. The fraction of sp³-hybridized carbons (Fsp3) is 0.350. The summed E-state index contributed by atoms with van der Waals surface area (Å²) in [6, 6.07) is 13.0. The third-order valence-electron chi connectivity index (χ3n) is 4.83. The Hall–Kier alpha value is -2.73. The highest BCUT2D eigenvalue weighted by Gasteiger charge is 2.35. The number of amides is 1. The highest BCUT2D eigenvalue weighted by atomic mass is 16.5. The van der Waals surface area contributed by atoms with Gasteiger partial charge >= 0.3 is 0 Å². The zero-order valence-corrected chi connectivity index (χ0v) is 15.3. The Kier molecular flexibility index (Phi) is 5.32. The van der Waals surface area contributed by atoms with Gasteiger partial charge in [-0.1, -0.05) is 18.2 Å². The molecular weight excluding hydrogens is 332 g/mol. The van der Waals surface area contributed by atoms with Crippen LogP contribution < -0.4 is 19.9 Å². The average Bonchev–Trinajstić information content (AvgIpc) is 3.08. The number of nitrogens with zero attached hydrogens (tertiary/aromatic N) is 1. The minimum Gasteiger partial charge on any atom is -0.497 e. The fourth-order valence-electron chi connectivity index (χ4n) is 3.42. The van der Waals surface area contributed by atoms with Crippen LogP contribution in [0.25, 0.3) is 0 Å². The second-order valence-corrected chi connectivity index (χ2v) is 6.29. The van der Waals surface area contributed by atoms with Gasteiger partial charge in [-0.15, -0.1) is 0 Å². The number of carbonyl (C=O) groups is 1. The summed E-state index contributed by atoms with van der Waals surface area (Å²) in [6.07, 6.45) is 0. The van der Waals surface area contributed by atoms with Crippen LogP contribution in [-0.4, -0.2) is 51.3 Å². The van der Waals surface area contributed by atoms with Gasteiger partial charge in [-0.25, -0.2) is 0 Å². The van der Waals surface area contributed by atoms with Crippen molar-refractivity contribution < 1.29 is 19.0 Å². The molecule has 6 nitrogen and oxygen atoms in total. The first-order valence-electron chi connectivity index (χ1n) is 8.48. The third kappa shape index (κ3) is 3.32. The molecule has 0 spiro atoms. The molecule has 1 fully saturated rings. The monoisotopic (exact) mass is 356 g/mol. The molecule has 0 unspecified atom stereocenters. The smallest absolute Gasteiger partial charge is 0.257 e. The lowest BCUT2D eigenvalue weighted by molar-refractivity contribution is 0.0785. The molecule has 2 aromatic carbocycles. The van der Waals surface area contributed by atoms with Crippen molar-refractivity contribution in [1.82, 2.24) is 4.90 Å². The number of methoxy groups -OCH3 is 3. The number of para-hydroxylation sites is 1. The summed E-state index contributed by atoms with van der Waals surface area (Å²) in [7, 11) is 4.72.